The summed E-state index contributed by atoms with van der Waals surface area (Å²) in [5.74, 6) is 0. The summed E-state index contributed by atoms with van der Waals surface area (Å²) in [6, 6.07) is 3.18. The summed E-state index contributed by atoms with van der Waals surface area (Å²) in [4.78, 5) is 0. The van der Waals surface area contributed by atoms with Crippen molar-refractivity contribution >= 4 is 35.1 Å². The number of nitrogens with two attached hydrogens (primary N) is 1. The minimum Gasteiger partial charge on any atom is -0.375 e. The lowest BCUT2D eigenvalue weighted by molar-refractivity contribution is -0.137. The molecule has 0 bridgehead atoms. The van der Waals surface area contributed by atoms with Crippen molar-refractivity contribution in [3.8, 4) is 0 Å². The minimum absolute atomic E-state index is 0.142. The van der Waals surface area contributed by atoms with E-state index in [0.29, 0.717) is 0 Å². The average molecular weight is 282 g/mol. The third kappa shape index (κ3) is 4.20. The monoisotopic (exact) mass is 281 g/mol. The second-order valence-corrected chi connectivity index (χ2v) is 3.84. The smallest absolute Gasteiger partial charge is 0.375 e. The number of alkyl halides is 3. The number of thiocarbonyl (C=S) groups is 1. The first kappa shape index (κ1) is 13.7. The summed E-state index contributed by atoms with van der Waals surface area (Å²) in [5, 5.41) is 3.49. The van der Waals surface area contributed by atoms with Crippen LogP contribution in [0, 0.1) is 0 Å². The molecule has 0 saturated carbocycles. The van der Waals surface area contributed by atoms with Crippen LogP contribution in [0.25, 0.3) is 0 Å². The van der Waals surface area contributed by atoms with Crippen LogP contribution in [0.3, 0.4) is 0 Å². The summed E-state index contributed by atoms with van der Waals surface area (Å²) in [6.07, 6.45) is -3.52. The van der Waals surface area contributed by atoms with E-state index in [0.717, 1.165) is 24.4 Å². The summed E-state index contributed by atoms with van der Waals surface area (Å²) < 4.78 is 37.8. The first-order valence-corrected chi connectivity index (χ1v) is 5.04. The number of nitrogens with one attached hydrogen (secondary N) is 1. The Morgan fingerprint density at radius 1 is 1.47 bits per heavy atom. The molecule has 1 aromatic carbocycles. The fourth-order valence-electron chi connectivity index (χ4n) is 1.06. The van der Waals surface area contributed by atoms with Crippen LogP contribution < -0.4 is 11.2 Å². The highest BCUT2D eigenvalue weighted by Crippen LogP contribution is 2.32. The fourth-order valence-corrected chi connectivity index (χ4v) is 1.30. The number of nitrogens with zero attached hydrogens (tertiary/aromatic N) is 1. The maximum atomic E-state index is 12.6. The number of rotatable bonds is 2. The van der Waals surface area contributed by atoms with E-state index in [1.807, 2.05) is 0 Å². The zero-order valence-corrected chi connectivity index (χ0v) is 9.83. The topological polar surface area (TPSA) is 50.4 Å². The Hall–Kier alpha value is -1.34. The van der Waals surface area contributed by atoms with Gasteiger partial charge in [-0.1, -0.05) is 11.6 Å². The van der Waals surface area contributed by atoms with Crippen LogP contribution in [-0.4, -0.2) is 11.3 Å². The molecule has 0 aromatic heterocycles. The summed E-state index contributed by atoms with van der Waals surface area (Å²) in [6.45, 7) is 0. The van der Waals surface area contributed by atoms with Gasteiger partial charge < -0.3 is 5.73 Å². The van der Waals surface area contributed by atoms with E-state index in [9.17, 15) is 13.2 Å². The molecule has 0 unspecified atom stereocenters. The predicted octanol–water partition coefficient (Wildman–Crippen LogP) is 2.53. The van der Waals surface area contributed by atoms with Gasteiger partial charge in [-0.15, -0.1) is 0 Å². The lowest BCUT2D eigenvalue weighted by atomic mass is 10.1. The molecule has 0 spiro atoms. The third-order valence-electron chi connectivity index (χ3n) is 1.70. The van der Waals surface area contributed by atoms with Crippen molar-refractivity contribution in [2.24, 2.45) is 10.8 Å². The maximum absolute atomic E-state index is 12.6. The van der Waals surface area contributed by atoms with Gasteiger partial charge in [0.2, 0.25) is 0 Å². The number of hydrogen-bond donors (Lipinski definition) is 2. The number of benzene rings is 1. The molecule has 0 aliphatic carbocycles. The molecule has 3 N–H and O–H groups in total. The molecule has 0 atom stereocenters. The molecule has 8 heteroatoms. The summed E-state index contributed by atoms with van der Waals surface area (Å²) in [5.41, 5.74) is 6.22. The Labute approximate surface area is 105 Å². The standard InChI is InChI=1S/C9H7ClF3N3S/c10-6-1-2-7(9(11,12)13)5(3-6)4-15-16-8(14)17/h1-4H,(H3,14,16,17). The van der Waals surface area contributed by atoms with Crippen LogP contribution >= 0.6 is 23.8 Å². The van der Waals surface area contributed by atoms with Crippen molar-refractivity contribution in [2.45, 2.75) is 6.18 Å². The first-order valence-electron chi connectivity index (χ1n) is 4.26. The SMILES string of the molecule is NC(=S)NN=Cc1cc(Cl)ccc1C(F)(F)F. The van der Waals surface area contributed by atoms with Crippen LogP contribution in [0.5, 0.6) is 0 Å². The quantitative estimate of drug-likeness (QED) is 0.497. The highest BCUT2D eigenvalue weighted by atomic mass is 35.5. The third-order valence-corrected chi connectivity index (χ3v) is 2.02. The van der Waals surface area contributed by atoms with Gasteiger partial charge in [0.1, 0.15) is 0 Å². The van der Waals surface area contributed by atoms with Crippen molar-refractivity contribution in [3.05, 3.63) is 34.3 Å². The van der Waals surface area contributed by atoms with E-state index >= 15 is 0 Å². The molecule has 0 amide bonds. The summed E-state index contributed by atoms with van der Waals surface area (Å²) in [7, 11) is 0. The van der Waals surface area contributed by atoms with Crippen molar-refractivity contribution in [1.82, 2.24) is 5.43 Å². The molecule has 0 saturated heterocycles. The van der Waals surface area contributed by atoms with Crippen molar-refractivity contribution in [2.75, 3.05) is 0 Å². The highest BCUT2D eigenvalue weighted by molar-refractivity contribution is 7.80. The number of hydrazone groups is 1. The van der Waals surface area contributed by atoms with E-state index in [2.05, 4.69) is 22.7 Å². The van der Waals surface area contributed by atoms with E-state index < -0.39 is 11.7 Å². The van der Waals surface area contributed by atoms with E-state index in [-0.39, 0.29) is 15.7 Å². The van der Waals surface area contributed by atoms with Gasteiger partial charge in [0, 0.05) is 10.6 Å². The molecule has 92 valence electrons. The molecule has 0 aliphatic rings. The van der Waals surface area contributed by atoms with Crippen LogP contribution in [0.4, 0.5) is 13.2 Å². The summed E-state index contributed by atoms with van der Waals surface area (Å²) >= 11 is 10.1. The van der Waals surface area contributed by atoms with Gasteiger partial charge >= 0.3 is 6.18 Å². The predicted molar refractivity (Wildman–Crippen MR) is 64.0 cm³/mol. The molecule has 0 aliphatic heterocycles. The molecule has 0 fully saturated rings. The second kappa shape index (κ2) is 5.33. The fraction of sp³-hybridized carbons (Fsp3) is 0.111. The van der Waals surface area contributed by atoms with Gasteiger partial charge in [0.25, 0.3) is 0 Å². The van der Waals surface area contributed by atoms with Crippen molar-refractivity contribution in [1.29, 1.82) is 0 Å². The molecular formula is C9H7ClF3N3S. The lowest BCUT2D eigenvalue weighted by Crippen LogP contribution is -2.24. The zero-order valence-electron chi connectivity index (χ0n) is 8.25. The van der Waals surface area contributed by atoms with Gasteiger partial charge in [0.15, 0.2) is 5.11 Å². The van der Waals surface area contributed by atoms with Gasteiger partial charge in [-0.3, -0.25) is 5.43 Å². The Balaban J connectivity index is 3.08. The minimum atomic E-state index is -4.48. The highest BCUT2D eigenvalue weighted by Gasteiger charge is 2.32. The van der Waals surface area contributed by atoms with Crippen LogP contribution in [-0.2, 0) is 6.18 Å². The molecular weight excluding hydrogens is 275 g/mol. The maximum Gasteiger partial charge on any atom is 0.417 e. The molecule has 1 rings (SSSR count). The van der Waals surface area contributed by atoms with Crippen molar-refractivity contribution < 1.29 is 13.2 Å². The van der Waals surface area contributed by atoms with Crippen LogP contribution in [0.1, 0.15) is 11.1 Å². The lowest BCUT2D eigenvalue weighted by Gasteiger charge is -2.09. The Kier molecular flexibility index (Phi) is 4.30. The Bertz CT molecular complexity index is 459. The molecule has 0 heterocycles. The molecule has 17 heavy (non-hydrogen) atoms. The molecule has 1 aromatic rings. The molecule has 0 radical (unpaired) electrons. The van der Waals surface area contributed by atoms with Crippen LogP contribution in [0.15, 0.2) is 23.3 Å². The van der Waals surface area contributed by atoms with Gasteiger partial charge in [0.05, 0.1) is 11.8 Å². The largest absolute Gasteiger partial charge is 0.417 e. The van der Waals surface area contributed by atoms with E-state index in [1.165, 1.54) is 0 Å². The van der Waals surface area contributed by atoms with Gasteiger partial charge in [-0.05, 0) is 30.4 Å². The van der Waals surface area contributed by atoms with E-state index in [1.54, 1.807) is 0 Å². The first-order chi connectivity index (χ1) is 7.80. The zero-order chi connectivity index (χ0) is 13.1. The molecule has 3 nitrogen and oxygen atoms in total. The average Bonchev–Trinajstić information content (AvgIpc) is 2.15. The van der Waals surface area contributed by atoms with Crippen LogP contribution in [0.2, 0.25) is 5.02 Å². The second-order valence-electron chi connectivity index (χ2n) is 2.96. The Morgan fingerprint density at radius 2 is 2.12 bits per heavy atom. The van der Waals surface area contributed by atoms with Gasteiger partial charge in [-0.2, -0.15) is 18.3 Å². The number of halogens is 4. The van der Waals surface area contributed by atoms with E-state index in [4.69, 9.17) is 17.3 Å². The van der Waals surface area contributed by atoms with Crippen molar-refractivity contribution in [3.63, 3.8) is 0 Å². The normalized spacial score (nSPS) is 11.8. The van der Waals surface area contributed by atoms with Gasteiger partial charge in [-0.25, -0.2) is 0 Å². The number of hydrogen-bond acceptors (Lipinski definition) is 2. The Morgan fingerprint density at radius 3 is 2.65 bits per heavy atom.